The van der Waals surface area contributed by atoms with E-state index >= 15 is 0 Å². The van der Waals surface area contributed by atoms with Gasteiger partial charge in [-0.25, -0.2) is 4.68 Å². The standard InChI is InChI=1S/C16H26N6O2/c23-14(17-11-15(24)21-8-4-5-9-21)10-16(6-2-1-3-7-16)12-22-13-18-19-20-22/h13H,1-12H2,(H,17,23). The van der Waals surface area contributed by atoms with Crippen LogP contribution in [0.3, 0.4) is 0 Å². The number of rotatable bonds is 6. The largest absolute Gasteiger partial charge is 0.347 e. The minimum absolute atomic E-state index is 0.0269. The lowest BCUT2D eigenvalue weighted by atomic mass is 9.71. The Morgan fingerprint density at radius 2 is 1.83 bits per heavy atom. The van der Waals surface area contributed by atoms with Crippen LogP contribution in [0, 0.1) is 5.41 Å². The first-order valence-electron chi connectivity index (χ1n) is 8.92. The summed E-state index contributed by atoms with van der Waals surface area (Å²) in [7, 11) is 0. The highest BCUT2D eigenvalue weighted by Gasteiger charge is 2.35. The number of carbonyl (C=O) groups excluding carboxylic acids is 2. The Hall–Kier alpha value is -1.99. The molecular weight excluding hydrogens is 308 g/mol. The predicted molar refractivity (Wildman–Crippen MR) is 86.8 cm³/mol. The smallest absolute Gasteiger partial charge is 0.241 e. The van der Waals surface area contributed by atoms with Crippen LogP contribution in [0.25, 0.3) is 0 Å². The fraction of sp³-hybridized carbons (Fsp3) is 0.812. The van der Waals surface area contributed by atoms with E-state index in [1.807, 2.05) is 4.90 Å². The number of carbonyl (C=O) groups is 2. The minimum atomic E-state index is -0.103. The molecule has 1 saturated heterocycles. The van der Waals surface area contributed by atoms with Gasteiger partial charge in [0.1, 0.15) is 6.33 Å². The number of tetrazole rings is 1. The molecule has 3 rings (SSSR count). The van der Waals surface area contributed by atoms with E-state index < -0.39 is 0 Å². The first-order chi connectivity index (χ1) is 11.7. The van der Waals surface area contributed by atoms with Crippen LogP contribution >= 0.6 is 0 Å². The molecule has 0 radical (unpaired) electrons. The van der Waals surface area contributed by atoms with E-state index in [9.17, 15) is 9.59 Å². The zero-order chi connectivity index (χ0) is 16.8. The molecule has 0 bridgehead atoms. The van der Waals surface area contributed by atoms with Gasteiger partial charge in [0.25, 0.3) is 0 Å². The minimum Gasteiger partial charge on any atom is -0.347 e. The number of nitrogens with one attached hydrogen (secondary N) is 1. The molecule has 0 spiro atoms. The van der Waals surface area contributed by atoms with E-state index in [2.05, 4.69) is 20.8 Å². The summed E-state index contributed by atoms with van der Waals surface area (Å²) >= 11 is 0. The fourth-order valence-corrected chi connectivity index (χ4v) is 3.94. The number of aromatic nitrogens is 4. The van der Waals surface area contributed by atoms with Gasteiger partial charge in [-0.3, -0.25) is 9.59 Å². The van der Waals surface area contributed by atoms with Gasteiger partial charge < -0.3 is 10.2 Å². The average molecular weight is 334 g/mol. The van der Waals surface area contributed by atoms with Crippen LogP contribution in [0.4, 0.5) is 0 Å². The van der Waals surface area contributed by atoms with Gasteiger partial charge in [-0.05, 0) is 41.5 Å². The Labute approximate surface area is 142 Å². The van der Waals surface area contributed by atoms with Crippen LogP contribution in [0.5, 0.6) is 0 Å². The van der Waals surface area contributed by atoms with Gasteiger partial charge in [0, 0.05) is 19.5 Å². The third kappa shape index (κ3) is 4.30. The number of hydrogen-bond donors (Lipinski definition) is 1. The molecule has 0 unspecified atom stereocenters. The molecule has 0 atom stereocenters. The third-order valence-electron chi connectivity index (χ3n) is 5.23. The predicted octanol–water partition coefficient (Wildman–Crippen LogP) is 0.752. The summed E-state index contributed by atoms with van der Waals surface area (Å²) in [6.07, 6.45) is 9.63. The van der Waals surface area contributed by atoms with Gasteiger partial charge in [0.2, 0.25) is 11.8 Å². The third-order valence-corrected chi connectivity index (χ3v) is 5.23. The number of hydrogen-bond acceptors (Lipinski definition) is 5. The van der Waals surface area contributed by atoms with Crippen molar-refractivity contribution in [2.24, 2.45) is 5.41 Å². The van der Waals surface area contributed by atoms with Crippen LogP contribution in [0.1, 0.15) is 51.4 Å². The highest BCUT2D eigenvalue weighted by atomic mass is 16.2. The molecule has 1 aromatic heterocycles. The van der Waals surface area contributed by atoms with Crippen molar-refractivity contribution in [3.63, 3.8) is 0 Å². The Bertz CT molecular complexity index is 547. The lowest BCUT2D eigenvalue weighted by molar-refractivity contribution is -0.133. The zero-order valence-corrected chi connectivity index (χ0v) is 14.1. The van der Waals surface area contributed by atoms with E-state index in [0.29, 0.717) is 13.0 Å². The van der Waals surface area contributed by atoms with E-state index in [1.54, 1.807) is 11.0 Å². The molecule has 2 heterocycles. The highest BCUT2D eigenvalue weighted by Crippen LogP contribution is 2.40. The molecule has 1 N–H and O–H groups in total. The molecule has 1 saturated carbocycles. The molecular formula is C16H26N6O2. The van der Waals surface area contributed by atoms with E-state index in [4.69, 9.17) is 0 Å². The molecule has 0 aromatic carbocycles. The molecule has 2 aliphatic rings. The molecule has 2 fully saturated rings. The van der Waals surface area contributed by atoms with E-state index in [-0.39, 0.29) is 23.8 Å². The summed E-state index contributed by atoms with van der Waals surface area (Å²) in [5.74, 6) is -0.0171. The van der Waals surface area contributed by atoms with Crippen molar-refractivity contribution in [3.05, 3.63) is 6.33 Å². The van der Waals surface area contributed by atoms with Crippen molar-refractivity contribution < 1.29 is 9.59 Å². The highest BCUT2D eigenvalue weighted by molar-refractivity contribution is 5.85. The van der Waals surface area contributed by atoms with Crippen molar-refractivity contribution in [1.82, 2.24) is 30.4 Å². The van der Waals surface area contributed by atoms with Gasteiger partial charge in [0.15, 0.2) is 0 Å². The maximum absolute atomic E-state index is 12.4. The van der Waals surface area contributed by atoms with Gasteiger partial charge in [0.05, 0.1) is 13.1 Å². The van der Waals surface area contributed by atoms with E-state index in [1.165, 1.54) is 6.42 Å². The second kappa shape index (κ2) is 7.72. The maximum atomic E-state index is 12.4. The number of nitrogens with zero attached hydrogens (tertiary/aromatic N) is 5. The molecule has 8 nitrogen and oxygen atoms in total. The fourth-order valence-electron chi connectivity index (χ4n) is 3.94. The summed E-state index contributed by atoms with van der Waals surface area (Å²) in [5.41, 5.74) is -0.103. The summed E-state index contributed by atoms with van der Waals surface area (Å²) in [4.78, 5) is 26.3. The average Bonchev–Trinajstić information content (AvgIpc) is 3.27. The molecule has 2 amide bonds. The van der Waals surface area contributed by atoms with Crippen molar-refractivity contribution in [1.29, 1.82) is 0 Å². The maximum Gasteiger partial charge on any atom is 0.241 e. The number of likely N-dealkylation sites (tertiary alicyclic amines) is 1. The Kier molecular flexibility index (Phi) is 5.42. The second-order valence-corrected chi connectivity index (χ2v) is 7.11. The second-order valence-electron chi connectivity index (χ2n) is 7.11. The molecule has 132 valence electrons. The van der Waals surface area contributed by atoms with Crippen molar-refractivity contribution in [2.75, 3.05) is 19.6 Å². The first kappa shape index (κ1) is 16.9. The summed E-state index contributed by atoms with van der Waals surface area (Å²) in [6, 6.07) is 0. The SMILES string of the molecule is O=C(CC1(Cn2cnnn2)CCCCC1)NCC(=O)N1CCCC1. The number of amides is 2. The van der Waals surface area contributed by atoms with Crippen LogP contribution in [-0.2, 0) is 16.1 Å². The molecule has 8 heteroatoms. The molecule has 24 heavy (non-hydrogen) atoms. The van der Waals surface area contributed by atoms with Gasteiger partial charge >= 0.3 is 0 Å². The summed E-state index contributed by atoms with van der Waals surface area (Å²) in [5, 5.41) is 14.1. The first-order valence-corrected chi connectivity index (χ1v) is 8.92. The van der Waals surface area contributed by atoms with Crippen molar-refractivity contribution >= 4 is 11.8 Å². The topological polar surface area (TPSA) is 93.0 Å². The van der Waals surface area contributed by atoms with Crippen LogP contribution in [0.15, 0.2) is 6.33 Å². The lowest BCUT2D eigenvalue weighted by Crippen LogP contribution is -2.41. The Balaban J connectivity index is 1.53. The molecule has 1 aliphatic carbocycles. The van der Waals surface area contributed by atoms with Crippen molar-refractivity contribution in [3.8, 4) is 0 Å². The van der Waals surface area contributed by atoms with Crippen LogP contribution in [-0.4, -0.2) is 56.6 Å². The summed E-state index contributed by atoms with van der Waals surface area (Å²) < 4.78 is 1.72. The van der Waals surface area contributed by atoms with E-state index in [0.717, 1.165) is 51.6 Å². The normalized spacial score (nSPS) is 20.1. The zero-order valence-electron chi connectivity index (χ0n) is 14.1. The lowest BCUT2D eigenvalue weighted by Gasteiger charge is -2.36. The Morgan fingerprint density at radius 1 is 1.08 bits per heavy atom. The summed E-state index contributed by atoms with van der Waals surface area (Å²) in [6.45, 7) is 2.41. The van der Waals surface area contributed by atoms with Gasteiger partial charge in [-0.15, -0.1) is 5.10 Å². The van der Waals surface area contributed by atoms with Crippen LogP contribution in [0.2, 0.25) is 0 Å². The quantitative estimate of drug-likeness (QED) is 0.829. The van der Waals surface area contributed by atoms with Gasteiger partial charge in [-0.1, -0.05) is 19.3 Å². The van der Waals surface area contributed by atoms with Crippen molar-refractivity contribution in [2.45, 2.75) is 57.9 Å². The van der Waals surface area contributed by atoms with Gasteiger partial charge in [-0.2, -0.15) is 0 Å². The molecule has 1 aromatic rings. The Morgan fingerprint density at radius 3 is 2.50 bits per heavy atom. The molecule has 1 aliphatic heterocycles. The monoisotopic (exact) mass is 334 g/mol. The van der Waals surface area contributed by atoms with Crippen LogP contribution < -0.4 is 5.32 Å².